The summed E-state index contributed by atoms with van der Waals surface area (Å²) in [6.45, 7) is 2.69. The second kappa shape index (κ2) is 12.0. The molecule has 0 bridgehead atoms. The molecule has 0 aliphatic rings. The molecule has 3 N–H and O–H groups in total. The summed E-state index contributed by atoms with van der Waals surface area (Å²) in [5.41, 5.74) is 7.33. The van der Waals surface area contributed by atoms with Gasteiger partial charge in [0, 0.05) is 25.3 Å². The Kier molecular flexibility index (Phi) is 8.34. The van der Waals surface area contributed by atoms with Gasteiger partial charge in [-0.15, -0.1) is 0 Å². The summed E-state index contributed by atoms with van der Waals surface area (Å²) in [4.78, 5) is 32.8. The molecule has 0 spiro atoms. The van der Waals surface area contributed by atoms with Crippen LogP contribution in [0.3, 0.4) is 0 Å². The van der Waals surface area contributed by atoms with E-state index in [0.717, 1.165) is 0 Å². The smallest absolute Gasteiger partial charge is 0.274 e. The molecule has 0 saturated heterocycles. The molecule has 0 atom stereocenters. The number of amides is 1. The molecule has 0 aliphatic heterocycles. The Labute approximate surface area is 206 Å². The number of oxazole rings is 1. The maximum absolute atomic E-state index is 12.6. The van der Waals surface area contributed by atoms with Crippen molar-refractivity contribution >= 4 is 22.7 Å². The fourth-order valence-electron chi connectivity index (χ4n) is 3.15. The van der Waals surface area contributed by atoms with Gasteiger partial charge in [-0.2, -0.15) is 5.10 Å². The maximum Gasteiger partial charge on any atom is 0.274 e. The first-order valence-corrected chi connectivity index (χ1v) is 11.2. The summed E-state index contributed by atoms with van der Waals surface area (Å²) < 4.78 is 23.1. The van der Waals surface area contributed by atoms with Crippen molar-refractivity contribution < 1.29 is 23.4 Å². The summed E-state index contributed by atoms with van der Waals surface area (Å²) in [6, 6.07) is 11.2. The van der Waals surface area contributed by atoms with Crippen LogP contribution in [0.2, 0.25) is 0 Å². The minimum absolute atomic E-state index is 0.228. The molecule has 0 aliphatic carbocycles. The lowest BCUT2D eigenvalue weighted by atomic mass is 10.2. The van der Waals surface area contributed by atoms with E-state index in [0.29, 0.717) is 67.8 Å². The number of nitrogens with two attached hydrogens (primary N) is 1. The van der Waals surface area contributed by atoms with Crippen LogP contribution in [0.5, 0.6) is 5.75 Å². The maximum atomic E-state index is 12.6. The van der Waals surface area contributed by atoms with Crippen molar-refractivity contribution in [2.24, 2.45) is 12.8 Å². The molecule has 1 aromatic carbocycles. The van der Waals surface area contributed by atoms with Crippen LogP contribution in [-0.2, 0) is 16.5 Å². The highest BCUT2D eigenvalue weighted by Gasteiger charge is 2.13. The normalized spacial score (nSPS) is 11.1. The molecule has 12 heteroatoms. The van der Waals surface area contributed by atoms with Gasteiger partial charge >= 0.3 is 0 Å². The quantitative estimate of drug-likeness (QED) is 0.277. The van der Waals surface area contributed by atoms with Gasteiger partial charge in [0.2, 0.25) is 5.89 Å². The highest BCUT2D eigenvalue weighted by molar-refractivity contribution is 6.03. The van der Waals surface area contributed by atoms with Crippen LogP contribution < -0.4 is 21.3 Å². The first-order valence-electron chi connectivity index (χ1n) is 11.2. The number of fused-ring (bicyclic) bond motifs is 1. The number of ether oxygens (including phenoxy) is 3. The van der Waals surface area contributed by atoms with Gasteiger partial charge in [-0.05, 0) is 36.4 Å². The van der Waals surface area contributed by atoms with Crippen molar-refractivity contribution in [2.45, 2.75) is 0 Å². The average molecular weight is 495 g/mol. The third-order valence-corrected chi connectivity index (χ3v) is 4.92. The SMILES string of the molecule is Cn1nc(-c2nc3cc(NC(=O)c4ccc(OCCOCCOCCN)cn4)ccc3o2)ccc1=O. The van der Waals surface area contributed by atoms with Crippen molar-refractivity contribution in [3.8, 4) is 17.3 Å². The number of rotatable bonds is 12. The largest absolute Gasteiger partial charge is 0.490 e. The molecule has 1 amide bonds. The zero-order chi connectivity index (χ0) is 25.3. The van der Waals surface area contributed by atoms with Crippen LogP contribution in [0.25, 0.3) is 22.7 Å². The number of benzene rings is 1. The Morgan fingerprint density at radius 1 is 1.06 bits per heavy atom. The van der Waals surface area contributed by atoms with E-state index in [9.17, 15) is 9.59 Å². The number of hydrogen-bond acceptors (Lipinski definition) is 10. The van der Waals surface area contributed by atoms with Crippen molar-refractivity contribution in [1.29, 1.82) is 0 Å². The Morgan fingerprint density at radius 2 is 1.86 bits per heavy atom. The standard InChI is InChI=1S/C24H26N6O6/c1-30-22(31)7-5-19(29-30)24-28-20-14-16(2-6-21(20)36-24)27-23(32)18-4-3-17(15-26-18)35-13-12-34-11-10-33-9-8-25/h2-7,14-15H,8-13,25H2,1H3,(H,27,32). The molecule has 188 valence electrons. The van der Waals surface area contributed by atoms with Crippen molar-refractivity contribution in [3.05, 3.63) is 64.7 Å². The van der Waals surface area contributed by atoms with E-state index in [4.69, 9.17) is 24.4 Å². The molecule has 3 heterocycles. The lowest BCUT2D eigenvalue weighted by Gasteiger charge is -2.08. The van der Waals surface area contributed by atoms with Crippen molar-refractivity contribution in [3.63, 3.8) is 0 Å². The third-order valence-electron chi connectivity index (χ3n) is 4.92. The second-order valence-corrected chi connectivity index (χ2v) is 7.58. The number of hydrogen-bond donors (Lipinski definition) is 2. The first-order chi connectivity index (χ1) is 17.5. The summed E-state index contributed by atoms with van der Waals surface area (Å²) in [6.07, 6.45) is 1.48. The van der Waals surface area contributed by atoms with Gasteiger partial charge in [0.05, 0.1) is 32.6 Å². The fourth-order valence-corrected chi connectivity index (χ4v) is 3.15. The van der Waals surface area contributed by atoms with Gasteiger partial charge in [-0.25, -0.2) is 14.6 Å². The molecule has 0 radical (unpaired) electrons. The molecule has 3 aromatic heterocycles. The topological polar surface area (TPSA) is 157 Å². The Balaban J connectivity index is 1.30. The van der Waals surface area contributed by atoms with Crippen LogP contribution in [0.15, 0.2) is 57.9 Å². The minimum atomic E-state index is -0.384. The van der Waals surface area contributed by atoms with Gasteiger partial charge in [-0.3, -0.25) is 9.59 Å². The van der Waals surface area contributed by atoms with Crippen molar-refractivity contribution in [2.75, 3.05) is 44.9 Å². The van der Waals surface area contributed by atoms with E-state index in [2.05, 4.69) is 20.4 Å². The van der Waals surface area contributed by atoms with Gasteiger partial charge in [0.1, 0.15) is 29.3 Å². The van der Waals surface area contributed by atoms with E-state index in [1.54, 1.807) is 43.4 Å². The first kappa shape index (κ1) is 25.0. The fraction of sp³-hybridized carbons (Fsp3) is 0.292. The number of nitrogens with zero attached hydrogens (tertiary/aromatic N) is 4. The third kappa shape index (κ3) is 6.50. The molecule has 0 fully saturated rings. The highest BCUT2D eigenvalue weighted by atomic mass is 16.5. The van der Waals surface area contributed by atoms with Crippen LogP contribution in [0.1, 0.15) is 10.5 Å². The summed E-state index contributed by atoms with van der Waals surface area (Å²) >= 11 is 0. The van der Waals surface area contributed by atoms with Crippen LogP contribution in [0, 0.1) is 0 Å². The Morgan fingerprint density at radius 3 is 2.61 bits per heavy atom. The number of aromatic nitrogens is 4. The molecule has 4 rings (SSSR count). The molecular weight excluding hydrogens is 468 g/mol. The number of pyridine rings is 1. The van der Waals surface area contributed by atoms with E-state index in [-0.39, 0.29) is 23.1 Å². The van der Waals surface area contributed by atoms with Gasteiger partial charge < -0.3 is 29.7 Å². The number of nitrogens with one attached hydrogen (secondary N) is 1. The lowest BCUT2D eigenvalue weighted by Crippen LogP contribution is -2.18. The van der Waals surface area contributed by atoms with Gasteiger partial charge in [0.15, 0.2) is 5.58 Å². The van der Waals surface area contributed by atoms with Gasteiger partial charge in [-0.1, -0.05) is 0 Å². The number of anilines is 1. The van der Waals surface area contributed by atoms with Gasteiger partial charge in [0.25, 0.3) is 11.5 Å². The Bertz CT molecular complexity index is 1370. The summed E-state index contributed by atoms with van der Waals surface area (Å²) in [7, 11) is 1.55. The zero-order valence-corrected chi connectivity index (χ0v) is 19.7. The minimum Gasteiger partial charge on any atom is -0.490 e. The molecule has 0 saturated carbocycles. The molecule has 36 heavy (non-hydrogen) atoms. The monoisotopic (exact) mass is 494 g/mol. The number of carbonyl (C=O) groups is 1. The Hall–Kier alpha value is -4.13. The number of aryl methyl sites for hydroxylation is 1. The molecular formula is C24H26N6O6. The zero-order valence-electron chi connectivity index (χ0n) is 19.7. The van der Waals surface area contributed by atoms with E-state index >= 15 is 0 Å². The second-order valence-electron chi connectivity index (χ2n) is 7.58. The molecule has 0 unspecified atom stereocenters. The molecule has 12 nitrogen and oxygen atoms in total. The average Bonchev–Trinajstić information content (AvgIpc) is 3.31. The predicted octanol–water partition coefficient (Wildman–Crippen LogP) is 1.61. The predicted molar refractivity (Wildman–Crippen MR) is 131 cm³/mol. The summed E-state index contributed by atoms with van der Waals surface area (Å²) in [5.74, 6) is 0.412. The van der Waals surface area contributed by atoms with E-state index in [1.165, 1.54) is 16.9 Å². The highest BCUT2D eigenvalue weighted by Crippen LogP contribution is 2.25. The van der Waals surface area contributed by atoms with E-state index < -0.39 is 0 Å². The van der Waals surface area contributed by atoms with Crippen LogP contribution in [0.4, 0.5) is 5.69 Å². The lowest BCUT2D eigenvalue weighted by molar-refractivity contribution is 0.0387. The van der Waals surface area contributed by atoms with Crippen molar-refractivity contribution in [1.82, 2.24) is 19.7 Å². The van der Waals surface area contributed by atoms with Crippen LogP contribution in [-0.4, -0.2) is 65.2 Å². The molecule has 4 aromatic rings. The van der Waals surface area contributed by atoms with Crippen LogP contribution >= 0.6 is 0 Å². The number of carbonyl (C=O) groups excluding carboxylic acids is 1. The summed E-state index contributed by atoms with van der Waals surface area (Å²) in [5, 5.41) is 6.93. The van der Waals surface area contributed by atoms with E-state index in [1.807, 2.05) is 0 Å².